The summed E-state index contributed by atoms with van der Waals surface area (Å²) in [5.41, 5.74) is 4.02. The summed E-state index contributed by atoms with van der Waals surface area (Å²) in [5.74, 6) is -1.85. The van der Waals surface area contributed by atoms with Gasteiger partial charge in [-0.2, -0.15) is 13.2 Å². The molecule has 3 N–H and O–H groups in total. The third kappa shape index (κ3) is 2.51. The van der Waals surface area contributed by atoms with Gasteiger partial charge < -0.3 is 10.8 Å². The average Bonchev–Trinajstić information content (AvgIpc) is 2.08. The number of phenols is 1. The van der Waals surface area contributed by atoms with Crippen LogP contribution in [-0.4, -0.2) is 11.3 Å². The van der Waals surface area contributed by atoms with Gasteiger partial charge in [-0.15, -0.1) is 0 Å². The number of nitrogens with two attached hydrogens (primary N) is 1. The van der Waals surface area contributed by atoms with Gasteiger partial charge in [0.1, 0.15) is 17.6 Å². The molecule has 0 radical (unpaired) electrons. The highest BCUT2D eigenvalue weighted by atomic mass is 35.5. The molecule has 1 atom stereocenters. The molecule has 15 heavy (non-hydrogen) atoms. The number of benzene rings is 1. The molecule has 1 rings (SSSR count). The van der Waals surface area contributed by atoms with Gasteiger partial charge in [-0.05, 0) is 12.1 Å². The van der Waals surface area contributed by atoms with Crippen LogP contribution in [0.2, 0.25) is 5.02 Å². The average molecular weight is 244 g/mol. The lowest BCUT2D eigenvalue weighted by molar-refractivity contribution is -0.149. The van der Waals surface area contributed by atoms with Gasteiger partial charge in [-0.3, -0.25) is 0 Å². The van der Waals surface area contributed by atoms with Gasteiger partial charge in [-0.25, -0.2) is 4.39 Å². The molecule has 0 aliphatic rings. The van der Waals surface area contributed by atoms with E-state index in [2.05, 4.69) is 0 Å². The molecule has 1 aromatic rings. The second-order valence-corrected chi connectivity index (χ2v) is 3.25. The highest BCUT2D eigenvalue weighted by Crippen LogP contribution is 2.38. The molecule has 0 saturated carbocycles. The smallest absolute Gasteiger partial charge is 0.407 e. The lowest BCUT2D eigenvalue weighted by atomic mass is 10.1. The second-order valence-electron chi connectivity index (χ2n) is 2.84. The highest BCUT2D eigenvalue weighted by molar-refractivity contribution is 6.32. The van der Waals surface area contributed by atoms with Gasteiger partial charge >= 0.3 is 6.18 Å². The maximum absolute atomic E-state index is 12.7. The third-order valence-corrected chi connectivity index (χ3v) is 2.03. The molecule has 2 nitrogen and oxygen atoms in total. The summed E-state index contributed by atoms with van der Waals surface area (Å²) in [6.07, 6.45) is -4.77. The Morgan fingerprint density at radius 2 is 1.87 bits per heavy atom. The Morgan fingerprint density at radius 1 is 1.33 bits per heavy atom. The zero-order valence-electron chi connectivity index (χ0n) is 7.15. The van der Waals surface area contributed by atoms with Crippen molar-refractivity contribution in [1.29, 1.82) is 0 Å². The quantitative estimate of drug-likeness (QED) is 0.745. The van der Waals surface area contributed by atoms with Crippen molar-refractivity contribution in [2.75, 3.05) is 0 Å². The first-order valence-electron chi connectivity index (χ1n) is 3.73. The summed E-state index contributed by atoms with van der Waals surface area (Å²) >= 11 is 5.30. The van der Waals surface area contributed by atoms with Crippen LogP contribution in [0.25, 0.3) is 0 Å². The van der Waals surface area contributed by atoms with Gasteiger partial charge in [0.2, 0.25) is 0 Å². The standard InChI is InChI=1S/C8H6ClF4NO/c9-5-2-3(10)1-4(6(5)15)7(14)8(11,12)13/h1-2,7,15H,14H2/t7-/m1/s1. The van der Waals surface area contributed by atoms with Crippen molar-refractivity contribution in [3.8, 4) is 5.75 Å². The fourth-order valence-electron chi connectivity index (χ4n) is 0.999. The van der Waals surface area contributed by atoms with E-state index in [1.54, 1.807) is 0 Å². The van der Waals surface area contributed by atoms with Crippen LogP contribution >= 0.6 is 11.6 Å². The van der Waals surface area contributed by atoms with Crippen LogP contribution in [0.4, 0.5) is 17.6 Å². The number of aromatic hydroxyl groups is 1. The third-order valence-electron chi connectivity index (χ3n) is 1.75. The molecule has 0 bridgehead atoms. The van der Waals surface area contributed by atoms with E-state index in [1.165, 1.54) is 0 Å². The number of halogens is 5. The number of phenolic OH excluding ortho intramolecular Hbond substituents is 1. The number of hydrogen-bond acceptors (Lipinski definition) is 2. The van der Waals surface area contributed by atoms with Gasteiger partial charge in [-0.1, -0.05) is 11.6 Å². The fourth-order valence-corrected chi connectivity index (χ4v) is 1.21. The summed E-state index contributed by atoms with van der Waals surface area (Å²) in [5, 5.41) is 8.67. The predicted octanol–water partition coefficient (Wildman–Crippen LogP) is 2.75. The molecule has 0 aliphatic carbocycles. The van der Waals surface area contributed by atoms with E-state index in [4.69, 9.17) is 17.3 Å². The molecule has 0 amide bonds. The molecular formula is C8H6ClF4NO. The summed E-state index contributed by atoms with van der Waals surface area (Å²) in [4.78, 5) is 0. The molecule has 84 valence electrons. The molecular weight excluding hydrogens is 238 g/mol. The normalized spacial score (nSPS) is 14.0. The van der Waals surface area contributed by atoms with Crippen LogP contribution in [0, 0.1) is 5.82 Å². The van der Waals surface area contributed by atoms with Crippen molar-refractivity contribution >= 4 is 11.6 Å². The van der Waals surface area contributed by atoms with Crippen LogP contribution in [0.3, 0.4) is 0 Å². The molecule has 0 aliphatic heterocycles. The lowest BCUT2D eigenvalue weighted by Crippen LogP contribution is -2.28. The number of alkyl halides is 3. The Hall–Kier alpha value is -1.01. The largest absolute Gasteiger partial charge is 0.506 e. The molecule has 0 spiro atoms. The van der Waals surface area contributed by atoms with E-state index in [-0.39, 0.29) is 0 Å². The summed E-state index contributed by atoms with van der Waals surface area (Å²) in [7, 11) is 0. The molecule has 0 saturated heterocycles. The Balaban J connectivity index is 3.25. The van der Waals surface area contributed by atoms with Crippen molar-refractivity contribution in [3.63, 3.8) is 0 Å². The van der Waals surface area contributed by atoms with E-state index < -0.39 is 34.4 Å². The SMILES string of the molecule is N[C@H](c1cc(F)cc(Cl)c1O)C(F)(F)F. The van der Waals surface area contributed by atoms with Crippen LogP contribution < -0.4 is 5.73 Å². The molecule has 0 aromatic heterocycles. The van der Waals surface area contributed by atoms with Gasteiger partial charge in [0.25, 0.3) is 0 Å². The first-order chi connectivity index (χ1) is 6.73. The van der Waals surface area contributed by atoms with Crippen molar-refractivity contribution < 1.29 is 22.7 Å². The van der Waals surface area contributed by atoms with E-state index >= 15 is 0 Å². The molecule has 0 fully saturated rings. The zero-order chi connectivity index (χ0) is 11.8. The maximum atomic E-state index is 12.7. The van der Waals surface area contributed by atoms with Crippen LogP contribution in [-0.2, 0) is 0 Å². The Kier molecular flexibility index (Phi) is 3.11. The van der Waals surface area contributed by atoms with E-state index in [9.17, 15) is 22.7 Å². The summed E-state index contributed by atoms with van der Waals surface area (Å²) < 4.78 is 49.3. The fraction of sp³-hybridized carbons (Fsp3) is 0.250. The van der Waals surface area contributed by atoms with E-state index in [1.807, 2.05) is 0 Å². The van der Waals surface area contributed by atoms with Crippen molar-refractivity contribution in [2.45, 2.75) is 12.2 Å². The second kappa shape index (κ2) is 3.86. The maximum Gasteiger partial charge on any atom is 0.407 e. The Labute approximate surface area is 87.3 Å². The van der Waals surface area contributed by atoms with Gasteiger partial charge in [0.15, 0.2) is 0 Å². The predicted molar refractivity (Wildman–Crippen MR) is 46.1 cm³/mol. The van der Waals surface area contributed by atoms with Crippen molar-refractivity contribution in [1.82, 2.24) is 0 Å². The molecule has 7 heteroatoms. The summed E-state index contributed by atoms with van der Waals surface area (Å²) in [6, 6.07) is -1.27. The number of rotatable bonds is 1. The first-order valence-corrected chi connectivity index (χ1v) is 4.11. The molecule has 0 unspecified atom stereocenters. The van der Waals surface area contributed by atoms with Crippen LogP contribution in [0.15, 0.2) is 12.1 Å². The van der Waals surface area contributed by atoms with E-state index in [0.29, 0.717) is 12.1 Å². The monoisotopic (exact) mass is 243 g/mol. The summed E-state index contributed by atoms with van der Waals surface area (Å²) in [6.45, 7) is 0. The van der Waals surface area contributed by atoms with Crippen LogP contribution in [0.1, 0.15) is 11.6 Å². The van der Waals surface area contributed by atoms with Crippen LogP contribution in [0.5, 0.6) is 5.75 Å². The van der Waals surface area contributed by atoms with Gasteiger partial charge in [0, 0.05) is 5.56 Å². The van der Waals surface area contributed by atoms with Gasteiger partial charge in [0.05, 0.1) is 5.02 Å². The van der Waals surface area contributed by atoms with Crippen molar-refractivity contribution in [3.05, 3.63) is 28.5 Å². The first kappa shape index (κ1) is 12.1. The zero-order valence-corrected chi connectivity index (χ0v) is 7.90. The minimum atomic E-state index is -4.77. The molecule has 1 aromatic carbocycles. The minimum absolute atomic E-state index is 0.499. The minimum Gasteiger partial charge on any atom is -0.506 e. The van der Waals surface area contributed by atoms with E-state index in [0.717, 1.165) is 0 Å². The van der Waals surface area contributed by atoms with Crippen molar-refractivity contribution in [2.24, 2.45) is 5.73 Å². The highest BCUT2D eigenvalue weighted by Gasteiger charge is 2.39. The number of hydrogen-bond donors (Lipinski definition) is 2. The lowest BCUT2D eigenvalue weighted by Gasteiger charge is -2.17. The Bertz CT molecular complexity index is 380. The topological polar surface area (TPSA) is 46.2 Å². The molecule has 0 heterocycles. The Morgan fingerprint density at radius 3 is 2.33 bits per heavy atom.